The number of aliphatic hydroxyl groups excluding tert-OH is 1. The average molecular weight is 506 g/mol. The molecule has 0 aliphatic carbocycles. The van der Waals surface area contributed by atoms with Gasteiger partial charge in [0.2, 0.25) is 17.7 Å². The molecule has 0 spiro atoms. The monoisotopic (exact) mass is 505 g/mol. The molecule has 1 heterocycles. The van der Waals surface area contributed by atoms with Crippen molar-refractivity contribution >= 4 is 29.7 Å². The van der Waals surface area contributed by atoms with Gasteiger partial charge in [0, 0.05) is 13.1 Å². The van der Waals surface area contributed by atoms with E-state index < -0.39 is 48.6 Å². The normalized spacial score (nSPS) is 17.5. The summed E-state index contributed by atoms with van der Waals surface area (Å²) in [5.41, 5.74) is 17.7. The van der Waals surface area contributed by atoms with Gasteiger partial charge in [0.05, 0.1) is 12.6 Å². The largest absolute Gasteiger partial charge is 0.480 e. The summed E-state index contributed by atoms with van der Waals surface area (Å²) >= 11 is 0. The average Bonchev–Trinajstić information content (AvgIpc) is 3.34. The first-order valence-corrected chi connectivity index (χ1v) is 11.7. The van der Waals surface area contributed by atoms with Crippen LogP contribution in [0.4, 0.5) is 0 Å². The van der Waals surface area contributed by atoms with Crippen LogP contribution in [0, 0.1) is 0 Å². The van der Waals surface area contributed by atoms with Crippen molar-refractivity contribution in [3.8, 4) is 0 Å². The number of hydrogen-bond donors (Lipinski definition) is 7. The number of guanidine groups is 1. The topological polar surface area (TPSA) is 226 Å². The molecule has 1 fully saturated rings. The fraction of sp³-hybridized carbons (Fsp3) is 0.522. The molecule has 1 aromatic rings. The van der Waals surface area contributed by atoms with E-state index in [1.807, 2.05) is 30.3 Å². The highest BCUT2D eigenvalue weighted by Gasteiger charge is 2.37. The van der Waals surface area contributed by atoms with Crippen LogP contribution in [-0.4, -0.2) is 88.6 Å². The molecule has 4 unspecified atom stereocenters. The fourth-order valence-electron chi connectivity index (χ4n) is 3.97. The Bertz CT molecular complexity index is 938. The van der Waals surface area contributed by atoms with Crippen LogP contribution in [0.15, 0.2) is 35.3 Å². The van der Waals surface area contributed by atoms with Gasteiger partial charge in [-0.3, -0.25) is 19.4 Å². The van der Waals surface area contributed by atoms with E-state index in [0.29, 0.717) is 32.2 Å². The Morgan fingerprint density at radius 2 is 1.81 bits per heavy atom. The summed E-state index contributed by atoms with van der Waals surface area (Å²) in [5, 5.41) is 23.2. The third kappa shape index (κ3) is 8.50. The summed E-state index contributed by atoms with van der Waals surface area (Å²) < 4.78 is 0. The first-order valence-electron chi connectivity index (χ1n) is 11.7. The summed E-state index contributed by atoms with van der Waals surface area (Å²) in [4.78, 5) is 55.4. The number of aliphatic hydroxyl groups is 1. The second kappa shape index (κ2) is 14.0. The van der Waals surface area contributed by atoms with E-state index in [1.165, 1.54) is 4.90 Å². The number of hydrogen-bond acceptors (Lipinski definition) is 7. The van der Waals surface area contributed by atoms with Crippen LogP contribution in [-0.2, 0) is 25.6 Å². The number of nitrogens with zero attached hydrogens (tertiary/aromatic N) is 2. The van der Waals surface area contributed by atoms with E-state index in [-0.39, 0.29) is 24.8 Å². The molecule has 2 rings (SSSR count). The van der Waals surface area contributed by atoms with Crippen molar-refractivity contribution in [2.45, 2.75) is 56.3 Å². The van der Waals surface area contributed by atoms with Gasteiger partial charge in [0.1, 0.15) is 18.1 Å². The minimum atomic E-state index is -1.53. The number of amides is 3. The van der Waals surface area contributed by atoms with Gasteiger partial charge in [-0.15, -0.1) is 0 Å². The summed E-state index contributed by atoms with van der Waals surface area (Å²) in [7, 11) is 0. The van der Waals surface area contributed by atoms with E-state index in [0.717, 1.165) is 5.56 Å². The molecule has 0 bridgehead atoms. The first kappa shape index (κ1) is 28.5. The fourth-order valence-corrected chi connectivity index (χ4v) is 3.97. The molecular formula is C23H35N7O6. The van der Waals surface area contributed by atoms with Crippen LogP contribution in [0.5, 0.6) is 0 Å². The van der Waals surface area contributed by atoms with Gasteiger partial charge in [0.25, 0.3) is 0 Å². The zero-order valence-corrected chi connectivity index (χ0v) is 20.0. The van der Waals surface area contributed by atoms with Crippen LogP contribution in [0.1, 0.15) is 31.2 Å². The molecule has 10 N–H and O–H groups in total. The lowest BCUT2D eigenvalue weighted by atomic mass is 10.0. The number of carbonyl (C=O) groups is 4. The summed E-state index contributed by atoms with van der Waals surface area (Å²) in [6, 6.07) is 4.98. The van der Waals surface area contributed by atoms with Crippen LogP contribution < -0.4 is 27.8 Å². The minimum absolute atomic E-state index is 0.0975. The highest BCUT2D eigenvalue weighted by Crippen LogP contribution is 2.20. The van der Waals surface area contributed by atoms with Crippen LogP contribution in [0.25, 0.3) is 0 Å². The number of aliphatic imine (C=N–C) groups is 1. The second-order valence-electron chi connectivity index (χ2n) is 8.58. The van der Waals surface area contributed by atoms with E-state index in [4.69, 9.17) is 22.3 Å². The first-order chi connectivity index (χ1) is 17.1. The van der Waals surface area contributed by atoms with E-state index in [1.54, 1.807) is 0 Å². The lowest BCUT2D eigenvalue weighted by molar-refractivity contribution is -0.144. The van der Waals surface area contributed by atoms with Gasteiger partial charge in [-0.2, -0.15) is 0 Å². The van der Waals surface area contributed by atoms with Gasteiger partial charge < -0.3 is 42.9 Å². The molecule has 4 atom stereocenters. The zero-order valence-electron chi connectivity index (χ0n) is 20.0. The number of likely N-dealkylation sites (tertiary alicyclic amines) is 1. The van der Waals surface area contributed by atoms with Crippen LogP contribution in [0.2, 0.25) is 0 Å². The number of nitrogens with one attached hydrogen (secondary N) is 2. The number of nitrogens with two attached hydrogens (primary N) is 3. The summed E-state index contributed by atoms with van der Waals surface area (Å²) in [6.45, 7) is -0.279. The van der Waals surface area contributed by atoms with Gasteiger partial charge >= 0.3 is 5.97 Å². The molecule has 0 radical (unpaired) electrons. The SMILES string of the molecule is NC(N)=NCCCC(NC(=O)C1CCCN1C(=O)C(N)Cc1ccccc1)C(=O)NC(CO)C(=O)O. The predicted molar refractivity (Wildman–Crippen MR) is 131 cm³/mol. The van der Waals surface area contributed by atoms with Gasteiger partial charge in [-0.05, 0) is 37.7 Å². The Kier molecular flexibility index (Phi) is 11.1. The van der Waals surface area contributed by atoms with Crippen molar-refractivity contribution in [3.63, 3.8) is 0 Å². The predicted octanol–water partition coefficient (Wildman–Crippen LogP) is -2.35. The maximum atomic E-state index is 13.1. The molecule has 0 aromatic heterocycles. The molecule has 36 heavy (non-hydrogen) atoms. The summed E-state index contributed by atoms with van der Waals surface area (Å²) in [5.74, 6) is -3.25. The maximum absolute atomic E-state index is 13.1. The van der Waals surface area contributed by atoms with Gasteiger partial charge in [-0.1, -0.05) is 30.3 Å². The Morgan fingerprint density at radius 3 is 2.42 bits per heavy atom. The number of benzene rings is 1. The van der Waals surface area contributed by atoms with Crippen LogP contribution >= 0.6 is 0 Å². The molecule has 13 nitrogen and oxygen atoms in total. The quantitative estimate of drug-likeness (QED) is 0.0863. The van der Waals surface area contributed by atoms with E-state index in [2.05, 4.69) is 15.6 Å². The van der Waals surface area contributed by atoms with Crippen molar-refractivity contribution in [2.24, 2.45) is 22.2 Å². The number of rotatable bonds is 13. The van der Waals surface area contributed by atoms with Crippen molar-refractivity contribution in [1.82, 2.24) is 15.5 Å². The Balaban J connectivity index is 2.08. The Morgan fingerprint density at radius 1 is 1.11 bits per heavy atom. The third-order valence-corrected chi connectivity index (χ3v) is 5.83. The van der Waals surface area contributed by atoms with Gasteiger partial charge in [0.15, 0.2) is 5.96 Å². The standard InChI is InChI=1S/C23H35N7O6/c24-15(12-14-6-2-1-3-7-14)21(34)30-11-5-9-18(30)20(33)28-16(8-4-10-27-23(25)26)19(32)29-17(13-31)22(35)36/h1-3,6-7,15-18,31H,4-5,8-13,24H2,(H,28,33)(H,29,32)(H,35,36)(H4,25,26,27). The number of carbonyl (C=O) groups excluding carboxylic acids is 3. The van der Waals surface area contributed by atoms with Crippen LogP contribution in [0.3, 0.4) is 0 Å². The second-order valence-corrected chi connectivity index (χ2v) is 8.58. The third-order valence-electron chi connectivity index (χ3n) is 5.83. The molecule has 13 heteroatoms. The lowest BCUT2D eigenvalue weighted by Gasteiger charge is -2.28. The number of aliphatic carboxylic acids is 1. The molecule has 198 valence electrons. The van der Waals surface area contributed by atoms with Crippen molar-refractivity contribution in [2.75, 3.05) is 19.7 Å². The molecule has 1 aliphatic heterocycles. The molecular weight excluding hydrogens is 470 g/mol. The molecule has 3 amide bonds. The van der Waals surface area contributed by atoms with Gasteiger partial charge in [-0.25, -0.2) is 4.79 Å². The van der Waals surface area contributed by atoms with Crippen molar-refractivity contribution in [3.05, 3.63) is 35.9 Å². The lowest BCUT2D eigenvalue weighted by Crippen LogP contribution is -2.57. The highest BCUT2D eigenvalue weighted by molar-refractivity contribution is 5.94. The number of carboxylic acids is 1. The van der Waals surface area contributed by atoms with Crippen molar-refractivity contribution < 1.29 is 29.4 Å². The molecule has 0 saturated carbocycles. The summed E-state index contributed by atoms with van der Waals surface area (Å²) in [6.07, 6.45) is 1.71. The minimum Gasteiger partial charge on any atom is -0.480 e. The Hall–Kier alpha value is -3.71. The molecule has 1 aromatic carbocycles. The van der Waals surface area contributed by atoms with Crippen molar-refractivity contribution in [1.29, 1.82) is 0 Å². The number of carboxylic acid groups (broad SMARTS) is 1. The Labute approximate surface area is 209 Å². The molecule has 1 saturated heterocycles. The van der Waals surface area contributed by atoms with E-state index >= 15 is 0 Å². The zero-order chi connectivity index (χ0) is 26.7. The highest BCUT2D eigenvalue weighted by atomic mass is 16.4. The van der Waals surface area contributed by atoms with E-state index in [9.17, 15) is 24.3 Å². The smallest absolute Gasteiger partial charge is 0.328 e. The molecule has 1 aliphatic rings. The maximum Gasteiger partial charge on any atom is 0.328 e.